The molecule has 16 heavy (non-hydrogen) atoms. The van der Waals surface area contributed by atoms with Crippen molar-refractivity contribution in [1.82, 2.24) is 0 Å². The molecule has 0 amide bonds. The van der Waals surface area contributed by atoms with Gasteiger partial charge in [-0.15, -0.1) is 11.8 Å². The molecule has 86 valence electrons. The van der Waals surface area contributed by atoms with Crippen LogP contribution < -0.4 is 0 Å². The zero-order chi connectivity index (χ0) is 11.8. The molecule has 0 bridgehead atoms. The van der Waals surface area contributed by atoms with Crippen LogP contribution in [0.2, 0.25) is 0 Å². The van der Waals surface area contributed by atoms with E-state index in [1.54, 1.807) is 17.8 Å². The summed E-state index contributed by atoms with van der Waals surface area (Å²) in [6.07, 6.45) is 0.773. The number of benzene rings is 1. The Hall–Kier alpha value is -0.540. The van der Waals surface area contributed by atoms with Crippen LogP contribution in [-0.2, 0) is 4.87 Å². The van der Waals surface area contributed by atoms with Crippen molar-refractivity contribution in [2.24, 2.45) is 4.99 Å². The highest BCUT2D eigenvalue weighted by molar-refractivity contribution is 8.00. The van der Waals surface area contributed by atoms with Crippen molar-refractivity contribution in [3.63, 3.8) is 0 Å². The van der Waals surface area contributed by atoms with Gasteiger partial charge in [0.25, 0.3) is 0 Å². The molecule has 0 saturated heterocycles. The summed E-state index contributed by atoms with van der Waals surface area (Å²) in [6, 6.07) is 5.11. The number of hydrogen-bond donors (Lipinski definition) is 0. The summed E-state index contributed by atoms with van der Waals surface area (Å²) >= 11 is 7.59. The summed E-state index contributed by atoms with van der Waals surface area (Å²) in [5.74, 6) is 0.669. The van der Waals surface area contributed by atoms with Crippen LogP contribution in [0.1, 0.15) is 24.5 Å². The summed E-state index contributed by atoms with van der Waals surface area (Å²) in [5, 5.41) is 0.585. The molecule has 1 nitrogen and oxygen atoms in total. The van der Waals surface area contributed by atoms with Gasteiger partial charge in [-0.05, 0) is 26.0 Å². The maximum Gasteiger partial charge on any atom is 0.132 e. The van der Waals surface area contributed by atoms with E-state index in [4.69, 9.17) is 11.6 Å². The van der Waals surface area contributed by atoms with Gasteiger partial charge in [0.1, 0.15) is 15.9 Å². The minimum atomic E-state index is -0.578. The molecule has 1 unspecified atom stereocenters. The Balaban J connectivity index is 2.50. The van der Waals surface area contributed by atoms with Crippen LogP contribution in [0.25, 0.3) is 0 Å². The van der Waals surface area contributed by atoms with Crippen molar-refractivity contribution in [1.29, 1.82) is 0 Å². The molecule has 0 saturated carbocycles. The van der Waals surface area contributed by atoms with Crippen LogP contribution in [0, 0.1) is 12.7 Å². The summed E-state index contributed by atoms with van der Waals surface area (Å²) in [4.78, 5) is 3.81. The van der Waals surface area contributed by atoms with Gasteiger partial charge in [-0.3, -0.25) is 4.99 Å². The summed E-state index contributed by atoms with van der Waals surface area (Å²) < 4.78 is 13.8. The summed E-state index contributed by atoms with van der Waals surface area (Å²) in [7, 11) is 0. The van der Waals surface area contributed by atoms with E-state index in [-0.39, 0.29) is 5.82 Å². The third-order valence-corrected chi connectivity index (χ3v) is 4.20. The largest absolute Gasteiger partial charge is 0.255 e. The van der Waals surface area contributed by atoms with Gasteiger partial charge in [-0.1, -0.05) is 23.2 Å². The maximum atomic E-state index is 13.8. The number of nitrogens with zero attached hydrogens (tertiary/aromatic N) is 1. The van der Waals surface area contributed by atoms with Gasteiger partial charge in [-0.25, -0.2) is 4.39 Å². The lowest BCUT2D eigenvalue weighted by molar-refractivity contribution is 0.578. The van der Waals surface area contributed by atoms with Crippen molar-refractivity contribution in [2.45, 2.75) is 25.1 Å². The Morgan fingerprint density at radius 3 is 2.94 bits per heavy atom. The molecule has 1 aliphatic heterocycles. The fourth-order valence-electron chi connectivity index (χ4n) is 1.79. The van der Waals surface area contributed by atoms with Crippen molar-refractivity contribution in [2.75, 3.05) is 5.75 Å². The second kappa shape index (κ2) is 4.38. The van der Waals surface area contributed by atoms with Gasteiger partial charge in [-0.2, -0.15) is 0 Å². The topological polar surface area (TPSA) is 12.4 Å². The van der Waals surface area contributed by atoms with Gasteiger partial charge in [0, 0.05) is 17.7 Å². The van der Waals surface area contributed by atoms with Crippen molar-refractivity contribution in [3.05, 3.63) is 35.1 Å². The van der Waals surface area contributed by atoms with E-state index in [0.29, 0.717) is 10.7 Å². The van der Waals surface area contributed by atoms with Crippen molar-refractivity contribution in [3.8, 4) is 0 Å². The van der Waals surface area contributed by atoms with E-state index in [9.17, 15) is 4.39 Å². The lowest BCUT2D eigenvalue weighted by atomic mass is 10.0. The molecule has 1 heterocycles. The van der Waals surface area contributed by atoms with Crippen molar-refractivity contribution < 1.29 is 4.39 Å². The number of aryl methyl sites for hydroxylation is 1. The van der Waals surface area contributed by atoms with Crippen LogP contribution in [0.5, 0.6) is 0 Å². The first kappa shape index (κ1) is 11.9. The van der Waals surface area contributed by atoms with Crippen LogP contribution in [0.15, 0.2) is 23.2 Å². The maximum absolute atomic E-state index is 13.8. The number of rotatable bonds is 1. The second-order valence-electron chi connectivity index (χ2n) is 4.05. The molecule has 2 rings (SSSR count). The monoisotopic (exact) mass is 257 g/mol. The van der Waals surface area contributed by atoms with E-state index in [1.165, 1.54) is 6.07 Å². The van der Waals surface area contributed by atoms with Crippen LogP contribution in [0.3, 0.4) is 0 Å². The first-order valence-electron chi connectivity index (χ1n) is 5.16. The normalized spacial score (nSPS) is 25.4. The Kier molecular flexibility index (Phi) is 3.27. The van der Waals surface area contributed by atoms with E-state index in [2.05, 4.69) is 4.99 Å². The van der Waals surface area contributed by atoms with Crippen molar-refractivity contribution >= 4 is 28.5 Å². The SMILES string of the molecule is Cc1ccc(F)c(C2(C)N=C(Cl)CCS2)c1. The average molecular weight is 258 g/mol. The predicted octanol–water partition coefficient (Wildman–Crippen LogP) is 4.08. The Morgan fingerprint density at radius 1 is 1.50 bits per heavy atom. The first-order valence-corrected chi connectivity index (χ1v) is 6.52. The molecule has 0 radical (unpaired) electrons. The van der Waals surface area contributed by atoms with E-state index in [0.717, 1.165) is 17.7 Å². The first-order chi connectivity index (χ1) is 7.51. The number of thioether (sulfide) groups is 1. The van der Waals surface area contributed by atoms with Gasteiger partial charge >= 0.3 is 0 Å². The van der Waals surface area contributed by atoms with E-state index in [1.807, 2.05) is 19.9 Å². The Morgan fingerprint density at radius 2 is 2.25 bits per heavy atom. The lowest BCUT2D eigenvalue weighted by Gasteiger charge is -2.29. The number of halogens is 2. The lowest BCUT2D eigenvalue weighted by Crippen LogP contribution is -2.22. The summed E-state index contributed by atoms with van der Waals surface area (Å²) in [6.45, 7) is 3.86. The summed E-state index contributed by atoms with van der Waals surface area (Å²) in [5.41, 5.74) is 1.66. The zero-order valence-electron chi connectivity index (χ0n) is 9.26. The fraction of sp³-hybridized carbons (Fsp3) is 0.417. The van der Waals surface area contributed by atoms with Gasteiger partial charge in [0.05, 0.1) is 0 Å². The number of hydrogen-bond acceptors (Lipinski definition) is 2. The van der Waals surface area contributed by atoms with Gasteiger partial charge < -0.3 is 0 Å². The second-order valence-corrected chi connectivity index (χ2v) is 5.98. The quantitative estimate of drug-likeness (QED) is 0.738. The molecule has 0 aliphatic carbocycles. The molecular formula is C12H13ClFNS. The van der Waals surface area contributed by atoms with Crippen LogP contribution in [0.4, 0.5) is 4.39 Å². The number of aliphatic imine (C=N–C) groups is 1. The average Bonchev–Trinajstić information content (AvgIpc) is 2.21. The zero-order valence-corrected chi connectivity index (χ0v) is 10.8. The van der Waals surface area contributed by atoms with Crippen LogP contribution in [-0.4, -0.2) is 10.9 Å². The standard InChI is InChI=1S/C12H13ClFNS/c1-8-3-4-10(14)9(7-8)12(2)15-11(13)5-6-16-12/h3-4,7H,5-6H2,1-2H3. The molecule has 1 aromatic carbocycles. The molecule has 1 aromatic rings. The van der Waals surface area contributed by atoms with E-state index >= 15 is 0 Å². The predicted molar refractivity (Wildman–Crippen MR) is 68.9 cm³/mol. The molecule has 0 N–H and O–H groups in total. The molecule has 4 heteroatoms. The highest BCUT2D eigenvalue weighted by atomic mass is 35.5. The third kappa shape index (κ3) is 2.25. The van der Waals surface area contributed by atoms with Gasteiger partial charge in [0.15, 0.2) is 0 Å². The third-order valence-electron chi connectivity index (χ3n) is 2.65. The van der Waals surface area contributed by atoms with Crippen LogP contribution >= 0.6 is 23.4 Å². The highest BCUT2D eigenvalue weighted by Crippen LogP contribution is 2.42. The minimum absolute atomic E-state index is 0.212. The molecule has 0 fully saturated rings. The highest BCUT2D eigenvalue weighted by Gasteiger charge is 2.32. The van der Waals surface area contributed by atoms with E-state index < -0.39 is 4.87 Å². The smallest absolute Gasteiger partial charge is 0.132 e. The molecule has 1 atom stereocenters. The molecule has 1 aliphatic rings. The Bertz CT molecular complexity index is 447. The molecule has 0 spiro atoms. The van der Waals surface area contributed by atoms with Gasteiger partial charge in [0.2, 0.25) is 0 Å². The molecular weight excluding hydrogens is 245 g/mol. The molecule has 0 aromatic heterocycles. The Labute approximate surface area is 104 Å². The fourth-order valence-corrected chi connectivity index (χ4v) is 3.39. The minimum Gasteiger partial charge on any atom is -0.255 e.